The third kappa shape index (κ3) is 57.1. The molecule has 0 aromatic rings. The first kappa shape index (κ1) is 118. The third-order valence-electron chi connectivity index (χ3n) is 24.9. The molecule has 13 N–H and O–H groups in total. The van der Waals surface area contributed by atoms with Crippen molar-refractivity contribution in [1.82, 2.24) is 26.2 Å². The van der Waals surface area contributed by atoms with Gasteiger partial charge in [0.05, 0.1) is 77.6 Å². The first-order valence-corrected chi connectivity index (χ1v) is 50.8. The number of aliphatic hydroxyl groups is 9. The second-order valence-corrected chi connectivity index (χ2v) is 36.2. The summed E-state index contributed by atoms with van der Waals surface area (Å²) in [6, 6.07) is -1.09. The number of nitrogens with one attached hydrogen (secondary N) is 4. The maximum absolute atomic E-state index is 14.9. The van der Waals surface area contributed by atoms with Gasteiger partial charge in [-0.15, -0.1) is 0 Å². The molecule has 0 saturated carbocycles. The molecule has 0 bridgehead atoms. The van der Waals surface area contributed by atoms with Crippen LogP contribution in [0.4, 0.5) is 0 Å². The molecule has 17 atom stereocenters. The maximum atomic E-state index is 14.9. The molecule has 128 heavy (non-hydrogen) atoms. The van der Waals surface area contributed by atoms with Crippen LogP contribution in [-0.2, 0) is 80.9 Å². The average Bonchev–Trinajstić information content (AvgIpc) is 0.830. The zero-order valence-corrected chi connectivity index (χ0v) is 80.0. The van der Waals surface area contributed by atoms with E-state index in [9.17, 15) is 74.7 Å². The van der Waals surface area contributed by atoms with Gasteiger partial charge in [-0.25, -0.2) is 0 Å². The SMILES string of the molecule is CCCCCCCCCCCCCCCCCCCCOCC(COC(=O)CCOCCOCCC(=O)NC(CCCCNC(=O)CCCCOC1OC(CO)C(O)C(O)C1C)C(=O)N(CCNC(=O)CCCCOC1OC(CO)C(O)C(O)C1C)CCNC(=O)CCCCOC1OC(CO)C(O)C(O)C1C)OCCCCCCCCCCCCCCCCCCCC. The average molecular weight is 1840 g/mol. The van der Waals surface area contributed by atoms with Gasteiger partial charge in [-0.2, -0.15) is 0 Å². The topological polar surface area (TPSA) is 437 Å². The van der Waals surface area contributed by atoms with Gasteiger partial charge >= 0.3 is 5.97 Å². The maximum Gasteiger partial charge on any atom is 0.308 e. The number of aliphatic hydroxyl groups excluding tert-OH is 9. The van der Waals surface area contributed by atoms with Crippen molar-refractivity contribution in [2.45, 2.75) is 442 Å². The summed E-state index contributed by atoms with van der Waals surface area (Å²) in [6.45, 7) is 10.7. The molecule has 0 spiro atoms. The van der Waals surface area contributed by atoms with Crippen LogP contribution in [0.2, 0.25) is 0 Å². The molecule has 752 valence electrons. The van der Waals surface area contributed by atoms with E-state index < -0.39 is 135 Å². The molecule has 0 aliphatic carbocycles. The monoisotopic (exact) mass is 1830 g/mol. The van der Waals surface area contributed by atoms with E-state index in [-0.39, 0.29) is 148 Å². The van der Waals surface area contributed by atoms with Gasteiger partial charge in [0.2, 0.25) is 29.5 Å². The third-order valence-corrected chi connectivity index (χ3v) is 24.9. The lowest BCUT2D eigenvalue weighted by molar-refractivity contribution is -0.282. The van der Waals surface area contributed by atoms with Crippen molar-refractivity contribution < 1.29 is 127 Å². The number of esters is 1. The molecule has 5 amide bonds. The van der Waals surface area contributed by atoms with E-state index in [4.69, 9.17) is 52.1 Å². The summed E-state index contributed by atoms with van der Waals surface area (Å²) in [7, 11) is 0. The Hall–Kier alpha value is -3.94. The number of amides is 5. The minimum absolute atomic E-state index is 0.00859. The molecular weight excluding hydrogens is 1650 g/mol. The van der Waals surface area contributed by atoms with Gasteiger partial charge in [-0.05, 0) is 70.6 Å². The van der Waals surface area contributed by atoms with E-state index in [1.807, 2.05) is 0 Å². The molecule has 0 aromatic carbocycles. The normalized spacial score (nSPS) is 22.9. The number of hydrogen-bond donors (Lipinski definition) is 13. The smallest absolute Gasteiger partial charge is 0.308 e. The van der Waals surface area contributed by atoms with Gasteiger partial charge in [0.15, 0.2) is 18.9 Å². The van der Waals surface area contributed by atoms with Crippen molar-refractivity contribution in [3.8, 4) is 0 Å². The van der Waals surface area contributed by atoms with Crippen LogP contribution in [0, 0.1) is 17.8 Å². The Morgan fingerprint density at radius 3 is 1.02 bits per heavy atom. The Morgan fingerprint density at radius 1 is 0.328 bits per heavy atom. The predicted octanol–water partition coefficient (Wildman–Crippen LogP) is 11.4. The molecule has 31 heteroatoms. The van der Waals surface area contributed by atoms with Crippen LogP contribution < -0.4 is 21.3 Å². The minimum Gasteiger partial charge on any atom is -0.463 e. The van der Waals surface area contributed by atoms with Gasteiger partial charge in [-0.3, -0.25) is 28.8 Å². The summed E-state index contributed by atoms with van der Waals surface area (Å²) in [5.41, 5.74) is 0. The van der Waals surface area contributed by atoms with Crippen molar-refractivity contribution in [3.05, 3.63) is 0 Å². The lowest BCUT2D eigenvalue weighted by atomic mass is 9.92. The number of carbonyl (C=O) groups excluding carboxylic acids is 6. The molecule has 17 unspecified atom stereocenters. The van der Waals surface area contributed by atoms with Crippen molar-refractivity contribution in [2.24, 2.45) is 17.8 Å². The fourth-order valence-corrected chi connectivity index (χ4v) is 16.3. The summed E-state index contributed by atoms with van der Waals surface area (Å²) < 4.78 is 64.1. The number of rotatable bonds is 86. The van der Waals surface area contributed by atoms with Crippen LogP contribution in [0.3, 0.4) is 0 Å². The fraction of sp³-hybridized carbons (Fsp3) is 0.938. The number of hydrogen-bond acceptors (Lipinski definition) is 26. The lowest BCUT2D eigenvalue weighted by Crippen LogP contribution is -2.55. The molecule has 3 rings (SSSR count). The number of carbonyl (C=O) groups is 6. The van der Waals surface area contributed by atoms with Gasteiger partial charge < -0.3 is 124 Å². The largest absolute Gasteiger partial charge is 0.463 e. The van der Waals surface area contributed by atoms with E-state index in [2.05, 4.69) is 35.1 Å². The van der Waals surface area contributed by atoms with Crippen molar-refractivity contribution >= 4 is 35.5 Å². The van der Waals surface area contributed by atoms with Gasteiger partial charge in [-0.1, -0.05) is 253 Å². The van der Waals surface area contributed by atoms with Gasteiger partial charge in [0.25, 0.3) is 0 Å². The van der Waals surface area contributed by atoms with Crippen molar-refractivity contribution in [2.75, 3.05) is 125 Å². The van der Waals surface area contributed by atoms with Crippen molar-refractivity contribution in [1.29, 1.82) is 0 Å². The fourth-order valence-electron chi connectivity index (χ4n) is 16.3. The standard InChI is InChI=1S/C97H183N5O26/c1-6-8-10-12-14-16-18-20-22-24-26-28-30-32-34-36-38-45-61-120-73-78(121-62-46-39-37-35-33-31-29-27-25-23-21-19-17-15-13-11-9-7-2)74-125-87(110)55-67-119-69-68-118-66-54-86(109)101-79(50-40-44-56-98-83(106)51-41-47-63-122-95-75(3)88(111)91(114)80(70-103)126-95)94(117)102(59-57-99-84(107)52-42-48-64-123-96-76(4)89(112)92(115)81(71-104)127-96)60-58-100-85(108)53-43-49-65-124-97-77(5)90(113)93(116)82(72-105)128-97/h75-82,88-93,95-97,103-105,111-116H,6-74H2,1-5H3,(H,98,106)(H,99,107)(H,100,108)(H,101,109). The van der Waals surface area contributed by atoms with Crippen molar-refractivity contribution in [3.63, 3.8) is 0 Å². The predicted molar refractivity (Wildman–Crippen MR) is 492 cm³/mol. The Kier molecular flexibility index (Phi) is 73.2. The van der Waals surface area contributed by atoms with Gasteiger partial charge in [0, 0.05) is 109 Å². The van der Waals surface area contributed by atoms with Gasteiger partial charge in [0.1, 0.15) is 55.4 Å². The molecular formula is C97H183N5O26. The highest BCUT2D eigenvalue weighted by Crippen LogP contribution is 2.31. The molecule has 0 radical (unpaired) electrons. The molecule has 3 saturated heterocycles. The van der Waals surface area contributed by atoms with E-state index in [1.165, 1.54) is 210 Å². The summed E-state index contributed by atoms with van der Waals surface area (Å²) in [6.07, 6.45) is 37.6. The second kappa shape index (κ2) is 79.3. The molecule has 3 heterocycles. The summed E-state index contributed by atoms with van der Waals surface area (Å²) in [5, 5.41) is 102. The van der Waals surface area contributed by atoms with E-state index in [0.29, 0.717) is 71.2 Å². The molecule has 31 nitrogen and oxygen atoms in total. The summed E-state index contributed by atoms with van der Waals surface area (Å²) in [4.78, 5) is 82.8. The Bertz CT molecular complexity index is 2620. The summed E-state index contributed by atoms with van der Waals surface area (Å²) in [5.74, 6) is -3.96. The number of unbranched alkanes of at least 4 members (excludes halogenated alkanes) is 38. The highest BCUT2D eigenvalue weighted by molar-refractivity contribution is 5.88. The molecule has 3 fully saturated rings. The number of nitrogens with zero attached hydrogens (tertiary/aromatic N) is 1. The zero-order valence-electron chi connectivity index (χ0n) is 80.0. The first-order valence-electron chi connectivity index (χ1n) is 50.8. The Morgan fingerprint density at radius 2 is 0.656 bits per heavy atom. The lowest BCUT2D eigenvalue weighted by Gasteiger charge is -2.40. The highest BCUT2D eigenvalue weighted by Gasteiger charge is 2.45. The van der Waals surface area contributed by atoms with Crippen LogP contribution in [0.1, 0.15) is 356 Å². The molecule has 0 aromatic heterocycles. The minimum atomic E-state index is -1.27. The Labute approximate surface area is 769 Å². The molecule has 3 aliphatic rings. The van der Waals surface area contributed by atoms with Crippen LogP contribution >= 0.6 is 0 Å². The van der Waals surface area contributed by atoms with Crippen LogP contribution in [0.5, 0.6) is 0 Å². The van der Waals surface area contributed by atoms with Crippen LogP contribution in [0.15, 0.2) is 0 Å². The first-order chi connectivity index (χ1) is 62.2. The summed E-state index contributed by atoms with van der Waals surface area (Å²) >= 11 is 0. The number of ether oxygens (including phenoxy) is 11. The molecule has 3 aliphatic heterocycles. The highest BCUT2D eigenvalue weighted by atomic mass is 16.7. The van der Waals surface area contributed by atoms with E-state index >= 15 is 0 Å². The second-order valence-electron chi connectivity index (χ2n) is 36.2. The van der Waals surface area contributed by atoms with Crippen LogP contribution in [-0.4, -0.2) is 298 Å². The zero-order chi connectivity index (χ0) is 93.3. The Balaban J connectivity index is 1.56. The van der Waals surface area contributed by atoms with E-state index in [1.54, 1.807) is 20.8 Å². The van der Waals surface area contributed by atoms with E-state index in [0.717, 1.165) is 25.7 Å². The van der Waals surface area contributed by atoms with Crippen LogP contribution in [0.25, 0.3) is 0 Å². The quantitative estimate of drug-likeness (QED) is 0.0199.